The number of ether oxygens (including phenoxy) is 1. The van der Waals surface area contributed by atoms with Crippen molar-refractivity contribution in [1.82, 2.24) is 0 Å². The second-order valence-electron chi connectivity index (χ2n) is 4.13. The minimum Gasteiger partial charge on any atom is -0.489 e. The van der Waals surface area contributed by atoms with Crippen molar-refractivity contribution in [2.45, 2.75) is 6.10 Å². The van der Waals surface area contributed by atoms with E-state index >= 15 is 0 Å². The first-order chi connectivity index (χ1) is 9.20. The van der Waals surface area contributed by atoms with E-state index in [0.29, 0.717) is 16.1 Å². The lowest BCUT2D eigenvalue weighted by atomic mass is 10.1. The third-order valence-electron chi connectivity index (χ3n) is 2.65. The van der Waals surface area contributed by atoms with E-state index in [1.54, 1.807) is 0 Å². The van der Waals surface area contributed by atoms with Gasteiger partial charge in [-0.05, 0) is 23.3 Å². The molecule has 2 aromatic rings. The van der Waals surface area contributed by atoms with Crippen LogP contribution in [0.1, 0.15) is 0 Å². The molecule has 1 atom stereocenters. The number of alkyl halides is 1. The molecular weight excluding hydrogens is 328 g/mol. The number of aliphatic hydroxyl groups excluding tert-OH is 1. The van der Waals surface area contributed by atoms with E-state index in [1.165, 1.54) is 0 Å². The second-order valence-corrected chi connectivity index (χ2v) is 5.19. The third-order valence-corrected chi connectivity index (χ3v) is 3.69. The summed E-state index contributed by atoms with van der Waals surface area (Å²) in [5.74, 6) is 0.585. The van der Waals surface area contributed by atoms with Gasteiger partial charge in [-0.3, -0.25) is 0 Å². The molecule has 0 saturated carbocycles. The Morgan fingerprint density at radius 2 is 1.84 bits per heavy atom. The first kappa shape index (κ1) is 14.4. The van der Waals surface area contributed by atoms with E-state index in [2.05, 4.69) is 15.9 Å². The molecule has 0 bridgehead atoms. The third kappa shape index (κ3) is 3.96. The first-order valence-electron chi connectivity index (χ1n) is 5.92. The topological polar surface area (TPSA) is 29.5 Å². The lowest BCUT2D eigenvalue weighted by Gasteiger charge is -2.12. The Hall–Kier alpha value is -1.03. The summed E-state index contributed by atoms with van der Waals surface area (Å²) in [6.07, 6.45) is -0.537. The molecule has 0 aliphatic heterocycles. The summed E-state index contributed by atoms with van der Waals surface area (Å²) in [5.41, 5.74) is 2.15. The summed E-state index contributed by atoms with van der Waals surface area (Å²) < 4.78 is 5.47. The van der Waals surface area contributed by atoms with Crippen molar-refractivity contribution in [3.8, 4) is 16.9 Å². The number of rotatable bonds is 5. The largest absolute Gasteiger partial charge is 0.489 e. The summed E-state index contributed by atoms with van der Waals surface area (Å²) in [4.78, 5) is 0. The van der Waals surface area contributed by atoms with Crippen LogP contribution in [0.2, 0.25) is 5.02 Å². The predicted octanol–water partition coefficient (Wildman–Crippen LogP) is 4.14. The number of aliphatic hydroxyl groups is 1. The minimum absolute atomic E-state index is 0.218. The lowest BCUT2D eigenvalue weighted by molar-refractivity contribution is 0.127. The molecule has 1 N–H and O–H groups in total. The molecule has 0 heterocycles. The van der Waals surface area contributed by atoms with Crippen LogP contribution in [0.25, 0.3) is 11.1 Å². The van der Waals surface area contributed by atoms with Crippen molar-refractivity contribution in [3.05, 3.63) is 53.6 Å². The molecule has 0 radical (unpaired) electrons. The van der Waals surface area contributed by atoms with E-state index in [1.807, 2.05) is 48.5 Å². The molecule has 2 nitrogen and oxygen atoms in total. The summed E-state index contributed by atoms with van der Waals surface area (Å²) in [5, 5.41) is 10.5. The van der Waals surface area contributed by atoms with Crippen molar-refractivity contribution in [2.24, 2.45) is 0 Å². The van der Waals surface area contributed by atoms with Gasteiger partial charge in [-0.15, -0.1) is 0 Å². The molecule has 4 heteroatoms. The van der Waals surface area contributed by atoms with Gasteiger partial charge in [0.25, 0.3) is 0 Å². The van der Waals surface area contributed by atoms with Crippen molar-refractivity contribution in [2.75, 3.05) is 11.9 Å². The van der Waals surface area contributed by atoms with Crippen LogP contribution in [0.15, 0.2) is 48.5 Å². The summed E-state index contributed by atoms with van der Waals surface area (Å²) in [7, 11) is 0. The molecule has 0 aliphatic rings. The van der Waals surface area contributed by atoms with Gasteiger partial charge in [-0.2, -0.15) is 0 Å². The molecule has 0 amide bonds. The lowest BCUT2D eigenvalue weighted by Crippen LogP contribution is -2.18. The molecule has 100 valence electrons. The summed E-state index contributed by atoms with van der Waals surface area (Å²) in [6.45, 7) is 0.218. The van der Waals surface area contributed by atoms with Gasteiger partial charge in [0.05, 0.1) is 11.1 Å². The maximum Gasteiger partial charge on any atom is 0.138 e. The van der Waals surface area contributed by atoms with E-state index in [4.69, 9.17) is 16.3 Å². The quantitative estimate of drug-likeness (QED) is 0.828. The molecule has 2 rings (SSSR count). The van der Waals surface area contributed by atoms with Crippen LogP contribution in [0.4, 0.5) is 0 Å². The highest BCUT2D eigenvalue weighted by atomic mass is 79.9. The smallest absolute Gasteiger partial charge is 0.138 e. The minimum atomic E-state index is -0.537. The predicted molar refractivity (Wildman–Crippen MR) is 82.2 cm³/mol. The molecular formula is C15H14BrClO2. The molecule has 0 saturated heterocycles. The van der Waals surface area contributed by atoms with Gasteiger partial charge >= 0.3 is 0 Å². The van der Waals surface area contributed by atoms with E-state index in [9.17, 15) is 5.11 Å². The Morgan fingerprint density at radius 1 is 1.11 bits per heavy atom. The van der Waals surface area contributed by atoms with E-state index in [0.717, 1.165) is 11.1 Å². The van der Waals surface area contributed by atoms with Crippen molar-refractivity contribution < 1.29 is 9.84 Å². The fourth-order valence-electron chi connectivity index (χ4n) is 1.66. The standard InChI is InChI=1S/C15H14BrClO2/c16-9-13(18)10-19-15-7-6-12(8-14(15)17)11-4-2-1-3-5-11/h1-8,13,18H,9-10H2. The Bertz CT molecular complexity index is 531. The molecule has 0 fully saturated rings. The SMILES string of the molecule is OC(CBr)COc1ccc(-c2ccccc2)cc1Cl. The molecule has 0 aromatic heterocycles. The second kappa shape index (κ2) is 6.94. The summed E-state index contributed by atoms with van der Waals surface area (Å²) >= 11 is 9.37. The Morgan fingerprint density at radius 3 is 2.47 bits per heavy atom. The van der Waals surface area contributed by atoms with Gasteiger partial charge in [-0.1, -0.05) is 63.9 Å². The number of hydrogen-bond acceptors (Lipinski definition) is 2. The normalized spacial score (nSPS) is 12.2. The molecule has 0 aliphatic carbocycles. The zero-order chi connectivity index (χ0) is 13.7. The van der Waals surface area contributed by atoms with Gasteiger partial charge < -0.3 is 9.84 Å². The average Bonchev–Trinajstić information content (AvgIpc) is 2.46. The van der Waals surface area contributed by atoms with E-state index in [-0.39, 0.29) is 6.61 Å². The molecule has 1 unspecified atom stereocenters. The van der Waals surface area contributed by atoms with Gasteiger partial charge in [0, 0.05) is 5.33 Å². The highest BCUT2D eigenvalue weighted by Crippen LogP contribution is 2.30. The van der Waals surface area contributed by atoms with Crippen LogP contribution >= 0.6 is 27.5 Å². The van der Waals surface area contributed by atoms with Crippen LogP contribution in [0.3, 0.4) is 0 Å². The molecule has 19 heavy (non-hydrogen) atoms. The molecule has 2 aromatic carbocycles. The molecule has 0 spiro atoms. The van der Waals surface area contributed by atoms with Crippen molar-refractivity contribution in [1.29, 1.82) is 0 Å². The maximum atomic E-state index is 9.43. The van der Waals surface area contributed by atoms with E-state index < -0.39 is 6.10 Å². The monoisotopic (exact) mass is 340 g/mol. The Kier molecular flexibility index (Phi) is 5.25. The number of halogens is 2. The van der Waals surface area contributed by atoms with Crippen molar-refractivity contribution in [3.63, 3.8) is 0 Å². The maximum absolute atomic E-state index is 9.43. The van der Waals surface area contributed by atoms with Gasteiger partial charge in [-0.25, -0.2) is 0 Å². The Labute approximate surface area is 126 Å². The van der Waals surface area contributed by atoms with Crippen LogP contribution < -0.4 is 4.74 Å². The van der Waals surface area contributed by atoms with Gasteiger partial charge in [0.1, 0.15) is 12.4 Å². The fraction of sp³-hybridized carbons (Fsp3) is 0.200. The number of hydrogen-bond donors (Lipinski definition) is 1. The fourth-order valence-corrected chi connectivity index (χ4v) is 2.08. The van der Waals surface area contributed by atoms with Crippen LogP contribution in [-0.4, -0.2) is 23.1 Å². The van der Waals surface area contributed by atoms with Crippen LogP contribution in [0.5, 0.6) is 5.75 Å². The van der Waals surface area contributed by atoms with Crippen molar-refractivity contribution >= 4 is 27.5 Å². The van der Waals surface area contributed by atoms with Gasteiger partial charge in [0.15, 0.2) is 0 Å². The highest BCUT2D eigenvalue weighted by molar-refractivity contribution is 9.09. The first-order valence-corrected chi connectivity index (χ1v) is 7.42. The zero-order valence-corrected chi connectivity index (χ0v) is 12.6. The Balaban J connectivity index is 2.13. The van der Waals surface area contributed by atoms with Crippen LogP contribution in [-0.2, 0) is 0 Å². The average molecular weight is 342 g/mol. The van der Waals surface area contributed by atoms with Gasteiger partial charge in [0.2, 0.25) is 0 Å². The highest BCUT2D eigenvalue weighted by Gasteiger charge is 2.07. The zero-order valence-electron chi connectivity index (χ0n) is 10.2. The number of benzene rings is 2. The van der Waals surface area contributed by atoms with Crippen LogP contribution in [0, 0.1) is 0 Å². The summed E-state index contributed by atoms with van der Waals surface area (Å²) in [6, 6.07) is 15.7.